The van der Waals surface area contributed by atoms with Crippen LogP contribution in [0.4, 0.5) is 10.1 Å². The van der Waals surface area contributed by atoms with Gasteiger partial charge in [0.1, 0.15) is 11.0 Å². The Morgan fingerprint density at radius 1 is 1.25 bits per heavy atom. The first kappa shape index (κ1) is 15.1. The maximum absolute atomic E-state index is 12.9. The summed E-state index contributed by atoms with van der Waals surface area (Å²) in [6.07, 6.45) is 0.763. The molecule has 1 heterocycles. The van der Waals surface area contributed by atoms with Gasteiger partial charge >= 0.3 is 0 Å². The van der Waals surface area contributed by atoms with E-state index in [0.717, 1.165) is 23.2 Å². The van der Waals surface area contributed by atoms with Crippen molar-refractivity contribution in [1.82, 2.24) is 4.98 Å². The van der Waals surface area contributed by atoms with E-state index in [2.05, 4.69) is 10.3 Å². The number of benzene rings is 1. The van der Waals surface area contributed by atoms with E-state index < -0.39 is 0 Å². The third kappa shape index (κ3) is 3.84. The molecule has 0 amide bonds. The Morgan fingerprint density at radius 3 is 2.50 bits per heavy atom. The summed E-state index contributed by atoms with van der Waals surface area (Å²) in [5, 5.41) is 4.06. The van der Waals surface area contributed by atoms with Crippen molar-refractivity contribution in [2.75, 3.05) is 5.32 Å². The number of hydrogen-bond acceptors (Lipinski definition) is 2. The molecule has 0 saturated heterocycles. The highest BCUT2D eigenvalue weighted by atomic mass is 35.5. The first-order valence-electron chi connectivity index (χ1n) is 6.29. The molecule has 2 rings (SSSR count). The molecule has 2 nitrogen and oxygen atoms in total. The maximum atomic E-state index is 12.9. The van der Waals surface area contributed by atoms with Gasteiger partial charge in [-0.05, 0) is 49.6 Å². The number of rotatable bonds is 4. The van der Waals surface area contributed by atoms with Crippen molar-refractivity contribution in [2.45, 2.75) is 26.3 Å². The van der Waals surface area contributed by atoms with E-state index in [1.165, 1.54) is 12.1 Å². The molecule has 1 atom stereocenters. The van der Waals surface area contributed by atoms with Gasteiger partial charge in [0.25, 0.3) is 0 Å². The topological polar surface area (TPSA) is 24.9 Å². The van der Waals surface area contributed by atoms with Gasteiger partial charge in [0.15, 0.2) is 5.15 Å². The molecule has 0 bridgehead atoms. The molecule has 5 heteroatoms. The van der Waals surface area contributed by atoms with E-state index in [1.54, 1.807) is 18.2 Å². The van der Waals surface area contributed by atoms with Gasteiger partial charge in [0, 0.05) is 6.04 Å². The standard InChI is InChI=1S/C15H15Cl2FN2/c1-9-7-13(16)20-15(17)14(9)19-10(2)8-11-3-5-12(18)6-4-11/h3-7,10,19H,8H2,1-2H3. The van der Waals surface area contributed by atoms with Crippen molar-refractivity contribution in [3.63, 3.8) is 0 Å². The maximum Gasteiger partial charge on any atom is 0.154 e. The van der Waals surface area contributed by atoms with Crippen LogP contribution in [0, 0.1) is 12.7 Å². The van der Waals surface area contributed by atoms with Gasteiger partial charge in [0.2, 0.25) is 0 Å². The highest BCUT2D eigenvalue weighted by Crippen LogP contribution is 2.27. The largest absolute Gasteiger partial charge is 0.380 e. The fourth-order valence-electron chi connectivity index (χ4n) is 2.04. The molecule has 0 aliphatic carbocycles. The number of hydrogen-bond donors (Lipinski definition) is 1. The Bertz CT molecular complexity index is 576. The lowest BCUT2D eigenvalue weighted by atomic mass is 10.1. The van der Waals surface area contributed by atoms with E-state index >= 15 is 0 Å². The van der Waals surface area contributed by atoms with E-state index in [0.29, 0.717) is 10.3 Å². The van der Waals surface area contributed by atoms with Crippen molar-refractivity contribution < 1.29 is 4.39 Å². The molecule has 1 N–H and O–H groups in total. The Morgan fingerprint density at radius 2 is 1.90 bits per heavy atom. The molecule has 2 aromatic rings. The molecule has 0 fully saturated rings. The second-order valence-electron chi connectivity index (χ2n) is 4.80. The minimum atomic E-state index is -0.227. The van der Waals surface area contributed by atoms with Crippen LogP contribution in [0.1, 0.15) is 18.1 Å². The van der Waals surface area contributed by atoms with Gasteiger partial charge in [-0.15, -0.1) is 0 Å². The lowest BCUT2D eigenvalue weighted by Gasteiger charge is -2.18. The van der Waals surface area contributed by atoms with Crippen LogP contribution in [0.2, 0.25) is 10.3 Å². The predicted molar refractivity (Wildman–Crippen MR) is 82.2 cm³/mol. The molecule has 0 saturated carbocycles. The molecule has 1 unspecified atom stereocenters. The van der Waals surface area contributed by atoms with Crippen molar-refractivity contribution in [2.24, 2.45) is 0 Å². The smallest absolute Gasteiger partial charge is 0.154 e. The van der Waals surface area contributed by atoms with Crippen molar-refractivity contribution in [3.8, 4) is 0 Å². The van der Waals surface area contributed by atoms with Gasteiger partial charge in [-0.2, -0.15) is 0 Å². The third-order valence-electron chi connectivity index (χ3n) is 2.99. The van der Waals surface area contributed by atoms with Crippen molar-refractivity contribution in [1.29, 1.82) is 0 Å². The third-order valence-corrected chi connectivity index (χ3v) is 3.45. The van der Waals surface area contributed by atoms with Crippen molar-refractivity contribution >= 4 is 28.9 Å². The summed E-state index contributed by atoms with van der Waals surface area (Å²) in [5.74, 6) is -0.227. The Balaban J connectivity index is 2.08. The molecule has 1 aromatic heterocycles. The van der Waals surface area contributed by atoms with Gasteiger partial charge in [-0.3, -0.25) is 0 Å². The van der Waals surface area contributed by atoms with Gasteiger partial charge in [-0.25, -0.2) is 9.37 Å². The van der Waals surface area contributed by atoms with Crippen LogP contribution < -0.4 is 5.32 Å². The number of nitrogens with zero attached hydrogens (tertiary/aromatic N) is 1. The van der Waals surface area contributed by atoms with Crippen LogP contribution in [0.25, 0.3) is 0 Å². The second kappa shape index (κ2) is 6.42. The second-order valence-corrected chi connectivity index (χ2v) is 5.55. The molecule has 0 spiro atoms. The highest BCUT2D eigenvalue weighted by molar-refractivity contribution is 6.34. The van der Waals surface area contributed by atoms with Crippen LogP contribution in [0.5, 0.6) is 0 Å². The number of anilines is 1. The quantitative estimate of drug-likeness (QED) is 0.814. The summed E-state index contributed by atoms with van der Waals surface area (Å²) in [5.41, 5.74) is 2.79. The van der Waals surface area contributed by atoms with Crippen LogP contribution in [0.15, 0.2) is 30.3 Å². The molecule has 0 radical (unpaired) electrons. The average molecular weight is 313 g/mol. The minimum absolute atomic E-state index is 0.139. The van der Waals surface area contributed by atoms with Crippen LogP contribution in [0.3, 0.4) is 0 Å². The number of aromatic nitrogens is 1. The van der Waals surface area contributed by atoms with Crippen molar-refractivity contribution in [3.05, 3.63) is 57.6 Å². The normalized spacial score (nSPS) is 12.2. The summed E-state index contributed by atoms with van der Waals surface area (Å²) in [6.45, 7) is 3.96. The average Bonchev–Trinajstić information content (AvgIpc) is 2.36. The molecule has 0 aliphatic rings. The van der Waals surface area contributed by atoms with Gasteiger partial charge in [0.05, 0.1) is 5.69 Å². The highest BCUT2D eigenvalue weighted by Gasteiger charge is 2.11. The van der Waals surface area contributed by atoms with E-state index in [1.807, 2.05) is 13.8 Å². The summed E-state index contributed by atoms with van der Waals surface area (Å²) < 4.78 is 12.9. The SMILES string of the molecule is Cc1cc(Cl)nc(Cl)c1NC(C)Cc1ccc(F)cc1. The zero-order valence-electron chi connectivity index (χ0n) is 11.3. The number of nitrogens with one attached hydrogen (secondary N) is 1. The van der Waals surface area contributed by atoms with Gasteiger partial charge in [-0.1, -0.05) is 35.3 Å². The fourth-order valence-corrected chi connectivity index (χ4v) is 2.63. The van der Waals surface area contributed by atoms with E-state index in [4.69, 9.17) is 23.2 Å². The monoisotopic (exact) mass is 312 g/mol. The number of pyridine rings is 1. The molecule has 1 aromatic carbocycles. The zero-order valence-corrected chi connectivity index (χ0v) is 12.8. The molecule has 20 heavy (non-hydrogen) atoms. The summed E-state index contributed by atoms with van der Waals surface area (Å²) in [7, 11) is 0. The fraction of sp³-hybridized carbons (Fsp3) is 0.267. The first-order valence-corrected chi connectivity index (χ1v) is 7.05. The number of aryl methyl sites for hydroxylation is 1. The van der Waals surface area contributed by atoms with E-state index in [-0.39, 0.29) is 11.9 Å². The summed E-state index contributed by atoms with van der Waals surface area (Å²) in [6, 6.07) is 8.39. The molecule has 0 aliphatic heterocycles. The molecular weight excluding hydrogens is 298 g/mol. The first-order chi connectivity index (χ1) is 9.45. The minimum Gasteiger partial charge on any atom is -0.380 e. The lowest BCUT2D eigenvalue weighted by Crippen LogP contribution is -2.19. The predicted octanol–water partition coefficient (Wildman–Crippen LogP) is 4.88. The van der Waals surface area contributed by atoms with E-state index in [9.17, 15) is 4.39 Å². The molecular formula is C15H15Cl2FN2. The lowest BCUT2D eigenvalue weighted by molar-refractivity contribution is 0.626. The Hall–Kier alpha value is -1.32. The number of halogens is 3. The Kier molecular flexibility index (Phi) is 4.84. The zero-order chi connectivity index (χ0) is 14.7. The van der Waals surface area contributed by atoms with Gasteiger partial charge < -0.3 is 5.32 Å². The van der Waals surface area contributed by atoms with Crippen LogP contribution in [-0.2, 0) is 6.42 Å². The molecule has 106 valence electrons. The summed E-state index contributed by atoms with van der Waals surface area (Å²) in [4.78, 5) is 4.02. The van der Waals surface area contributed by atoms with Crippen LogP contribution >= 0.6 is 23.2 Å². The summed E-state index contributed by atoms with van der Waals surface area (Å²) >= 11 is 11.9. The Labute approximate surface area is 127 Å². The van der Waals surface area contributed by atoms with Crippen LogP contribution in [-0.4, -0.2) is 11.0 Å².